The Kier molecular flexibility index (Phi) is 4.95. The fourth-order valence-electron chi connectivity index (χ4n) is 1.73. The molecule has 0 aliphatic heterocycles. The molecule has 0 aromatic heterocycles. The molecule has 0 fully saturated rings. The fraction of sp³-hybridized carbons (Fsp3) is 0.0625. The monoisotopic (exact) mass is 305 g/mol. The van der Waals surface area contributed by atoms with E-state index in [4.69, 9.17) is 16.3 Å². The number of benzene rings is 2. The number of halogens is 2. The van der Waals surface area contributed by atoms with E-state index in [1.54, 1.807) is 36.4 Å². The van der Waals surface area contributed by atoms with Crippen LogP contribution in [0.1, 0.15) is 5.56 Å². The zero-order valence-corrected chi connectivity index (χ0v) is 12.0. The van der Waals surface area contributed by atoms with Crippen molar-refractivity contribution in [3.05, 3.63) is 64.9 Å². The Labute approximate surface area is 127 Å². The number of carbonyl (C=O) groups excluding carboxylic acids is 1. The Bertz CT molecular complexity index is 686. The molecule has 1 N–H and O–H groups in total. The maximum Gasteiger partial charge on any atom is 0.248 e. The first-order valence-electron chi connectivity index (χ1n) is 6.17. The first kappa shape index (κ1) is 15.1. The average Bonchev–Trinajstić information content (AvgIpc) is 2.47. The second-order valence-corrected chi connectivity index (χ2v) is 4.63. The third kappa shape index (κ3) is 4.07. The topological polar surface area (TPSA) is 38.3 Å². The van der Waals surface area contributed by atoms with Crippen LogP contribution in [0.3, 0.4) is 0 Å². The van der Waals surface area contributed by atoms with Crippen molar-refractivity contribution in [2.75, 3.05) is 12.4 Å². The summed E-state index contributed by atoms with van der Waals surface area (Å²) in [6, 6.07) is 11.1. The molecule has 0 bridgehead atoms. The number of ether oxygens (including phenoxy) is 1. The second kappa shape index (κ2) is 6.90. The fourth-order valence-corrected chi connectivity index (χ4v) is 1.90. The van der Waals surface area contributed by atoms with E-state index < -0.39 is 5.91 Å². The smallest absolute Gasteiger partial charge is 0.248 e. The van der Waals surface area contributed by atoms with Gasteiger partial charge < -0.3 is 10.1 Å². The summed E-state index contributed by atoms with van der Waals surface area (Å²) in [7, 11) is 1.49. The molecule has 0 saturated heterocycles. The highest BCUT2D eigenvalue weighted by atomic mass is 35.5. The second-order valence-electron chi connectivity index (χ2n) is 4.19. The van der Waals surface area contributed by atoms with Crippen molar-refractivity contribution in [3.8, 4) is 5.75 Å². The molecule has 0 saturated carbocycles. The van der Waals surface area contributed by atoms with Gasteiger partial charge in [-0.15, -0.1) is 0 Å². The molecular weight excluding hydrogens is 293 g/mol. The molecule has 108 valence electrons. The zero-order chi connectivity index (χ0) is 15.2. The highest BCUT2D eigenvalue weighted by molar-refractivity contribution is 6.31. The van der Waals surface area contributed by atoms with Crippen molar-refractivity contribution < 1.29 is 13.9 Å². The van der Waals surface area contributed by atoms with Gasteiger partial charge in [0.05, 0.1) is 12.8 Å². The lowest BCUT2D eigenvalue weighted by Gasteiger charge is -2.08. The van der Waals surface area contributed by atoms with E-state index in [1.807, 2.05) is 0 Å². The average molecular weight is 306 g/mol. The van der Waals surface area contributed by atoms with Crippen molar-refractivity contribution in [1.82, 2.24) is 0 Å². The van der Waals surface area contributed by atoms with Gasteiger partial charge in [0.1, 0.15) is 11.6 Å². The largest absolute Gasteiger partial charge is 0.495 e. The molecule has 5 heteroatoms. The first-order chi connectivity index (χ1) is 10.1. The predicted molar refractivity (Wildman–Crippen MR) is 82.1 cm³/mol. The van der Waals surface area contributed by atoms with E-state index in [0.29, 0.717) is 22.0 Å². The Morgan fingerprint density at radius 3 is 2.76 bits per heavy atom. The minimum Gasteiger partial charge on any atom is -0.495 e. The Morgan fingerprint density at radius 1 is 1.29 bits per heavy atom. The van der Waals surface area contributed by atoms with Crippen LogP contribution in [0.15, 0.2) is 48.5 Å². The molecule has 0 spiro atoms. The lowest BCUT2D eigenvalue weighted by Crippen LogP contribution is -2.08. The van der Waals surface area contributed by atoms with Crippen LogP contribution in [-0.2, 0) is 4.79 Å². The maximum atomic E-state index is 13.4. The predicted octanol–water partition coefficient (Wildman–Crippen LogP) is 4.14. The SMILES string of the molecule is COc1ccc(Cl)cc1NC(=O)/C=C/c1ccccc1F. The molecule has 3 nitrogen and oxygen atoms in total. The van der Waals surface area contributed by atoms with Crippen molar-refractivity contribution in [3.63, 3.8) is 0 Å². The van der Waals surface area contributed by atoms with Gasteiger partial charge in [0.2, 0.25) is 5.91 Å². The number of hydrogen-bond donors (Lipinski definition) is 1. The number of carbonyl (C=O) groups is 1. The summed E-state index contributed by atoms with van der Waals surface area (Å²) in [5, 5.41) is 3.11. The number of anilines is 1. The Hall–Kier alpha value is -2.33. The van der Waals surface area contributed by atoms with Crippen LogP contribution in [0.25, 0.3) is 6.08 Å². The van der Waals surface area contributed by atoms with Gasteiger partial charge in [-0.3, -0.25) is 4.79 Å². The summed E-state index contributed by atoms with van der Waals surface area (Å²) in [6.07, 6.45) is 2.65. The quantitative estimate of drug-likeness (QED) is 0.862. The maximum absolute atomic E-state index is 13.4. The number of methoxy groups -OCH3 is 1. The van der Waals surface area contributed by atoms with Gasteiger partial charge in [0.25, 0.3) is 0 Å². The summed E-state index contributed by atoms with van der Waals surface area (Å²) in [4.78, 5) is 11.9. The van der Waals surface area contributed by atoms with Gasteiger partial charge >= 0.3 is 0 Å². The van der Waals surface area contributed by atoms with Crippen molar-refractivity contribution >= 4 is 29.3 Å². The standard InChI is InChI=1S/C16H13ClFNO2/c1-21-15-8-7-12(17)10-14(15)19-16(20)9-6-11-4-2-3-5-13(11)18/h2-10H,1H3,(H,19,20)/b9-6+. The molecule has 0 unspecified atom stereocenters. The van der Waals surface area contributed by atoms with Gasteiger partial charge in [-0.05, 0) is 30.3 Å². The third-order valence-corrected chi connectivity index (χ3v) is 2.97. The normalized spacial score (nSPS) is 10.6. The molecule has 0 aliphatic rings. The molecule has 2 aromatic rings. The van der Waals surface area contributed by atoms with Crippen LogP contribution in [0, 0.1) is 5.82 Å². The van der Waals surface area contributed by atoms with Crippen LogP contribution >= 0.6 is 11.6 Å². The van der Waals surface area contributed by atoms with Crippen LogP contribution in [0.5, 0.6) is 5.75 Å². The highest BCUT2D eigenvalue weighted by Gasteiger charge is 2.06. The van der Waals surface area contributed by atoms with Gasteiger partial charge in [0, 0.05) is 16.7 Å². The van der Waals surface area contributed by atoms with Crippen molar-refractivity contribution in [2.24, 2.45) is 0 Å². The van der Waals surface area contributed by atoms with Crippen LogP contribution in [0.4, 0.5) is 10.1 Å². The minimum atomic E-state index is -0.404. The van der Waals surface area contributed by atoms with Crippen molar-refractivity contribution in [2.45, 2.75) is 0 Å². The summed E-state index contributed by atoms with van der Waals surface area (Å²) in [5.74, 6) is -0.298. The molecule has 21 heavy (non-hydrogen) atoms. The summed E-state index contributed by atoms with van der Waals surface area (Å²) < 4.78 is 18.5. The van der Waals surface area contributed by atoms with Gasteiger partial charge in [-0.1, -0.05) is 29.8 Å². The summed E-state index contributed by atoms with van der Waals surface area (Å²) >= 11 is 5.88. The van der Waals surface area contributed by atoms with Gasteiger partial charge in [-0.25, -0.2) is 4.39 Å². The summed E-state index contributed by atoms with van der Waals surface area (Å²) in [6.45, 7) is 0. The number of amides is 1. The van der Waals surface area contributed by atoms with E-state index in [-0.39, 0.29) is 5.82 Å². The summed E-state index contributed by atoms with van der Waals surface area (Å²) in [5.41, 5.74) is 0.791. The van der Waals surface area contributed by atoms with Gasteiger partial charge in [0.15, 0.2) is 0 Å². The lowest BCUT2D eigenvalue weighted by molar-refractivity contribution is -0.111. The lowest BCUT2D eigenvalue weighted by atomic mass is 10.2. The molecule has 2 rings (SSSR count). The van der Waals surface area contributed by atoms with Crippen LogP contribution < -0.4 is 10.1 Å². The van der Waals surface area contributed by atoms with E-state index in [0.717, 1.165) is 0 Å². The van der Waals surface area contributed by atoms with Gasteiger partial charge in [-0.2, -0.15) is 0 Å². The molecule has 0 heterocycles. The van der Waals surface area contributed by atoms with E-state index in [2.05, 4.69) is 5.32 Å². The number of rotatable bonds is 4. The molecule has 1 amide bonds. The van der Waals surface area contributed by atoms with Crippen molar-refractivity contribution in [1.29, 1.82) is 0 Å². The third-order valence-electron chi connectivity index (χ3n) is 2.74. The molecular formula is C16H13ClFNO2. The molecule has 0 aliphatic carbocycles. The molecule has 0 radical (unpaired) electrons. The van der Waals surface area contributed by atoms with E-state index >= 15 is 0 Å². The van der Waals surface area contributed by atoms with Crippen LogP contribution in [0.2, 0.25) is 5.02 Å². The van der Waals surface area contributed by atoms with E-state index in [1.165, 1.54) is 25.3 Å². The highest BCUT2D eigenvalue weighted by Crippen LogP contribution is 2.27. The minimum absolute atomic E-state index is 0.339. The Balaban J connectivity index is 2.12. The molecule has 2 aromatic carbocycles. The number of hydrogen-bond acceptors (Lipinski definition) is 2. The zero-order valence-electron chi connectivity index (χ0n) is 11.3. The van der Waals surface area contributed by atoms with Crippen LogP contribution in [-0.4, -0.2) is 13.0 Å². The Morgan fingerprint density at radius 2 is 2.05 bits per heavy atom. The number of nitrogens with one attached hydrogen (secondary N) is 1. The molecule has 0 atom stereocenters. The van der Waals surface area contributed by atoms with E-state index in [9.17, 15) is 9.18 Å². The first-order valence-corrected chi connectivity index (χ1v) is 6.55.